The first-order chi connectivity index (χ1) is 18.6. The molecule has 1 saturated heterocycles. The molecule has 39 heavy (non-hydrogen) atoms. The summed E-state index contributed by atoms with van der Waals surface area (Å²) in [4.78, 5) is 39.1. The van der Waals surface area contributed by atoms with Gasteiger partial charge in [-0.1, -0.05) is 55.4 Å². The number of rotatable bonds is 6. The number of aliphatic hydroxyl groups is 1. The van der Waals surface area contributed by atoms with E-state index in [0.29, 0.717) is 37.6 Å². The summed E-state index contributed by atoms with van der Waals surface area (Å²) in [6.45, 7) is 6.31. The van der Waals surface area contributed by atoms with E-state index < -0.39 is 11.8 Å². The number of carbonyl (C=O) groups excluding carboxylic acids is 2. The van der Waals surface area contributed by atoms with Crippen molar-refractivity contribution in [2.75, 3.05) is 40.5 Å². The summed E-state index contributed by atoms with van der Waals surface area (Å²) in [5.74, 6) is -0.480. The van der Waals surface area contributed by atoms with Gasteiger partial charge >= 0.3 is 0 Å². The maximum Gasteiger partial charge on any atom is 0.267 e. The third-order valence-electron chi connectivity index (χ3n) is 6.94. The number of para-hydroxylation sites is 1. The van der Waals surface area contributed by atoms with Gasteiger partial charge in [0, 0.05) is 29.4 Å². The van der Waals surface area contributed by atoms with E-state index in [2.05, 4.69) is 34.0 Å². The summed E-state index contributed by atoms with van der Waals surface area (Å²) in [5.41, 5.74) is 7.25. The van der Waals surface area contributed by atoms with Crippen molar-refractivity contribution in [1.29, 1.82) is 0 Å². The minimum atomic E-state index is -0.709. The molecule has 0 bridgehead atoms. The SMILES string of the molecule is CC1(C)CCN(c2cnc(Sc3ccc(NC(=O)C4=C(O)CN(c5ccccc5)C4=O)cc3Cl)c(N)n2)CC1. The van der Waals surface area contributed by atoms with Gasteiger partial charge in [0.15, 0.2) is 5.82 Å². The number of aromatic nitrogens is 2. The summed E-state index contributed by atoms with van der Waals surface area (Å²) in [5, 5.41) is 13.9. The zero-order chi connectivity index (χ0) is 27.7. The van der Waals surface area contributed by atoms with Crippen molar-refractivity contribution in [2.45, 2.75) is 36.6 Å². The second-order valence-electron chi connectivity index (χ2n) is 10.3. The van der Waals surface area contributed by atoms with Crippen LogP contribution in [-0.4, -0.2) is 46.5 Å². The highest BCUT2D eigenvalue weighted by atomic mass is 35.5. The van der Waals surface area contributed by atoms with Crippen LogP contribution in [0.25, 0.3) is 0 Å². The fourth-order valence-corrected chi connectivity index (χ4v) is 5.57. The van der Waals surface area contributed by atoms with Crippen LogP contribution in [0.5, 0.6) is 0 Å². The molecule has 202 valence electrons. The molecule has 2 aliphatic heterocycles. The van der Waals surface area contributed by atoms with Crippen molar-refractivity contribution in [3.63, 3.8) is 0 Å². The predicted octanol–water partition coefficient (Wildman–Crippen LogP) is 5.29. The Labute approximate surface area is 236 Å². The molecule has 2 aromatic carbocycles. The quantitative estimate of drug-likeness (QED) is 0.345. The van der Waals surface area contributed by atoms with Crippen LogP contribution in [0.3, 0.4) is 0 Å². The Balaban J connectivity index is 1.24. The van der Waals surface area contributed by atoms with Crippen LogP contribution in [0.15, 0.2) is 76.0 Å². The molecule has 0 saturated carbocycles. The first kappa shape index (κ1) is 26.8. The molecule has 9 nitrogen and oxygen atoms in total. The number of anilines is 4. The largest absolute Gasteiger partial charge is 0.509 e. The number of nitrogens with one attached hydrogen (secondary N) is 1. The van der Waals surface area contributed by atoms with Gasteiger partial charge in [-0.05, 0) is 48.6 Å². The van der Waals surface area contributed by atoms with E-state index in [0.717, 1.165) is 31.7 Å². The number of nitrogens with two attached hydrogens (primary N) is 1. The number of halogens is 1. The molecule has 0 radical (unpaired) electrons. The van der Waals surface area contributed by atoms with Gasteiger partial charge in [0.05, 0.1) is 17.8 Å². The van der Waals surface area contributed by atoms with Crippen molar-refractivity contribution < 1.29 is 14.7 Å². The summed E-state index contributed by atoms with van der Waals surface area (Å²) >= 11 is 7.78. The molecule has 2 amide bonds. The maximum atomic E-state index is 12.9. The first-order valence-electron chi connectivity index (χ1n) is 12.6. The number of carbonyl (C=O) groups is 2. The Morgan fingerprint density at radius 1 is 1.15 bits per heavy atom. The lowest BCUT2D eigenvalue weighted by Gasteiger charge is -2.37. The molecule has 2 aliphatic rings. The minimum Gasteiger partial charge on any atom is -0.509 e. The third-order valence-corrected chi connectivity index (χ3v) is 8.45. The van der Waals surface area contributed by atoms with Gasteiger partial charge in [0.25, 0.3) is 11.8 Å². The standard InChI is InChI=1S/C28H29ClN6O3S/c1-28(2)10-12-34(13-11-28)22-15-31-26(24(30)33-22)39-21-9-8-17(14-19(21)29)32-25(37)23-20(36)16-35(27(23)38)18-6-4-3-5-7-18/h3-9,14-15,36H,10-13,16H2,1-2H3,(H2,30,33)(H,32,37). The fraction of sp³-hybridized carbons (Fsp3) is 0.286. The second-order valence-corrected chi connectivity index (χ2v) is 11.8. The second kappa shape index (κ2) is 10.8. The maximum absolute atomic E-state index is 12.9. The van der Waals surface area contributed by atoms with Gasteiger partial charge in [-0.2, -0.15) is 0 Å². The van der Waals surface area contributed by atoms with E-state index in [9.17, 15) is 14.7 Å². The van der Waals surface area contributed by atoms with Crippen LogP contribution in [-0.2, 0) is 9.59 Å². The number of piperidine rings is 1. The van der Waals surface area contributed by atoms with Gasteiger partial charge in [0.1, 0.15) is 22.2 Å². The molecular weight excluding hydrogens is 536 g/mol. The number of aliphatic hydroxyl groups excluding tert-OH is 1. The molecule has 3 heterocycles. The molecule has 1 fully saturated rings. The summed E-state index contributed by atoms with van der Waals surface area (Å²) in [6, 6.07) is 13.8. The number of nitrogen functional groups attached to an aromatic ring is 1. The topological polar surface area (TPSA) is 125 Å². The summed E-state index contributed by atoms with van der Waals surface area (Å²) in [7, 11) is 0. The number of hydrogen-bond donors (Lipinski definition) is 3. The highest BCUT2D eigenvalue weighted by Crippen LogP contribution is 2.37. The van der Waals surface area contributed by atoms with E-state index in [-0.39, 0.29) is 17.9 Å². The average Bonchev–Trinajstić information content (AvgIpc) is 3.21. The molecule has 4 N–H and O–H groups in total. The lowest BCUT2D eigenvalue weighted by Crippen LogP contribution is -2.37. The van der Waals surface area contributed by atoms with Crippen LogP contribution in [0.4, 0.5) is 23.0 Å². The fourth-order valence-electron chi connectivity index (χ4n) is 4.52. The highest BCUT2D eigenvalue weighted by Gasteiger charge is 2.36. The molecule has 0 atom stereocenters. The van der Waals surface area contributed by atoms with Gasteiger partial charge in [-0.25, -0.2) is 9.97 Å². The van der Waals surface area contributed by atoms with E-state index in [1.165, 1.54) is 16.7 Å². The third kappa shape index (κ3) is 5.81. The molecule has 11 heteroatoms. The Kier molecular flexibility index (Phi) is 7.42. The summed E-state index contributed by atoms with van der Waals surface area (Å²) < 4.78 is 0. The van der Waals surface area contributed by atoms with Crippen LogP contribution in [0.2, 0.25) is 5.02 Å². The predicted molar refractivity (Wildman–Crippen MR) is 154 cm³/mol. The Bertz CT molecular complexity index is 1450. The normalized spacial score (nSPS) is 17.1. The number of nitrogens with zero attached hydrogens (tertiary/aromatic N) is 4. The number of benzene rings is 2. The molecular formula is C28H29ClN6O3S. The Morgan fingerprint density at radius 3 is 2.54 bits per heavy atom. The van der Waals surface area contributed by atoms with E-state index in [4.69, 9.17) is 17.3 Å². The lowest BCUT2D eigenvalue weighted by atomic mass is 9.83. The van der Waals surface area contributed by atoms with Crippen molar-refractivity contribution >= 4 is 58.2 Å². The van der Waals surface area contributed by atoms with E-state index >= 15 is 0 Å². The van der Waals surface area contributed by atoms with Crippen LogP contribution in [0, 0.1) is 5.41 Å². The molecule has 1 aromatic heterocycles. The van der Waals surface area contributed by atoms with Gasteiger partial charge in [0.2, 0.25) is 0 Å². The lowest BCUT2D eigenvalue weighted by molar-refractivity contribution is -0.119. The highest BCUT2D eigenvalue weighted by molar-refractivity contribution is 7.99. The minimum absolute atomic E-state index is 0.0705. The van der Waals surface area contributed by atoms with Crippen molar-refractivity contribution in [3.8, 4) is 0 Å². The van der Waals surface area contributed by atoms with Crippen molar-refractivity contribution in [2.24, 2.45) is 5.41 Å². The number of hydrogen-bond acceptors (Lipinski definition) is 8. The molecule has 5 rings (SSSR count). The van der Waals surface area contributed by atoms with E-state index in [1.54, 1.807) is 48.7 Å². The molecule has 0 spiro atoms. The summed E-state index contributed by atoms with van der Waals surface area (Å²) in [6.07, 6.45) is 3.90. The number of amides is 2. The molecule has 3 aromatic rings. The Hall–Kier alpha value is -3.76. The smallest absolute Gasteiger partial charge is 0.267 e. The van der Waals surface area contributed by atoms with Crippen LogP contribution < -0.4 is 20.9 Å². The molecule has 0 unspecified atom stereocenters. The monoisotopic (exact) mass is 564 g/mol. The average molecular weight is 565 g/mol. The van der Waals surface area contributed by atoms with Gasteiger partial charge in [-0.15, -0.1) is 0 Å². The van der Waals surface area contributed by atoms with E-state index in [1.807, 2.05) is 6.07 Å². The molecule has 0 aliphatic carbocycles. The zero-order valence-electron chi connectivity index (χ0n) is 21.6. The van der Waals surface area contributed by atoms with Gasteiger partial charge in [-0.3, -0.25) is 9.59 Å². The Morgan fingerprint density at radius 2 is 1.87 bits per heavy atom. The first-order valence-corrected chi connectivity index (χ1v) is 13.8. The van der Waals surface area contributed by atoms with Crippen LogP contribution in [0.1, 0.15) is 26.7 Å². The zero-order valence-corrected chi connectivity index (χ0v) is 23.2. The van der Waals surface area contributed by atoms with Crippen molar-refractivity contribution in [3.05, 3.63) is 71.1 Å². The van der Waals surface area contributed by atoms with Gasteiger partial charge < -0.3 is 26.0 Å². The van der Waals surface area contributed by atoms with Crippen LogP contribution >= 0.6 is 23.4 Å². The van der Waals surface area contributed by atoms with Crippen molar-refractivity contribution in [1.82, 2.24) is 9.97 Å².